The number of nitrogens with one attached hydrogen (secondary N) is 1. The molecule has 1 saturated heterocycles. The number of rotatable bonds is 6. The van der Waals surface area contributed by atoms with Crippen molar-refractivity contribution in [1.29, 1.82) is 0 Å². The standard InChI is InChI=1S/C24H31N3O3/c1-18(2)20-7-9-22(10-8-20)30-16-11-23(28)26-12-14-27(15-13-26)24(29)25-21-6-4-5-19(3)17-21/h4-10,17-18H,11-16H2,1-3H3,(H,25,29). The number of aryl methyl sites for hydroxylation is 1. The molecule has 0 unspecified atom stereocenters. The Morgan fingerprint density at radius 1 is 1.00 bits per heavy atom. The van der Waals surface area contributed by atoms with E-state index in [4.69, 9.17) is 4.74 Å². The zero-order valence-electron chi connectivity index (χ0n) is 18.1. The molecule has 1 N–H and O–H groups in total. The van der Waals surface area contributed by atoms with E-state index in [1.807, 2.05) is 48.2 Å². The molecule has 0 saturated carbocycles. The van der Waals surface area contributed by atoms with Gasteiger partial charge in [0.15, 0.2) is 0 Å². The number of piperazine rings is 1. The van der Waals surface area contributed by atoms with Gasteiger partial charge in [-0.1, -0.05) is 38.1 Å². The highest BCUT2D eigenvalue weighted by Crippen LogP contribution is 2.19. The van der Waals surface area contributed by atoms with E-state index in [1.165, 1.54) is 5.56 Å². The molecule has 2 aromatic rings. The van der Waals surface area contributed by atoms with Crippen molar-refractivity contribution >= 4 is 17.6 Å². The Balaban J connectivity index is 1.39. The molecule has 1 aliphatic rings. The van der Waals surface area contributed by atoms with Gasteiger partial charge in [-0.15, -0.1) is 0 Å². The third-order valence-electron chi connectivity index (χ3n) is 5.32. The summed E-state index contributed by atoms with van der Waals surface area (Å²) in [5, 5.41) is 2.92. The van der Waals surface area contributed by atoms with E-state index >= 15 is 0 Å². The minimum atomic E-state index is -0.124. The van der Waals surface area contributed by atoms with E-state index in [-0.39, 0.29) is 11.9 Å². The summed E-state index contributed by atoms with van der Waals surface area (Å²) in [5.74, 6) is 1.33. The van der Waals surface area contributed by atoms with Gasteiger partial charge >= 0.3 is 6.03 Å². The second-order valence-electron chi connectivity index (χ2n) is 7.99. The number of benzene rings is 2. The van der Waals surface area contributed by atoms with Crippen LogP contribution in [-0.4, -0.2) is 54.5 Å². The van der Waals surface area contributed by atoms with Gasteiger partial charge < -0.3 is 19.9 Å². The fraction of sp³-hybridized carbons (Fsp3) is 0.417. The molecule has 2 aromatic carbocycles. The Labute approximate surface area is 178 Å². The first kappa shape index (κ1) is 21.7. The second-order valence-corrected chi connectivity index (χ2v) is 7.99. The van der Waals surface area contributed by atoms with Crippen molar-refractivity contribution in [3.63, 3.8) is 0 Å². The summed E-state index contributed by atoms with van der Waals surface area (Å²) < 4.78 is 5.72. The van der Waals surface area contributed by atoms with Crippen molar-refractivity contribution in [1.82, 2.24) is 9.80 Å². The third kappa shape index (κ3) is 5.99. The fourth-order valence-corrected chi connectivity index (χ4v) is 3.45. The summed E-state index contributed by atoms with van der Waals surface area (Å²) in [5.41, 5.74) is 3.15. The van der Waals surface area contributed by atoms with E-state index in [0.717, 1.165) is 17.0 Å². The van der Waals surface area contributed by atoms with Crippen molar-refractivity contribution in [3.8, 4) is 5.75 Å². The lowest BCUT2D eigenvalue weighted by atomic mass is 10.0. The van der Waals surface area contributed by atoms with Crippen LogP contribution in [0.15, 0.2) is 48.5 Å². The lowest BCUT2D eigenvalue weighted by molar-refractivity contribution is -0.133. The molecule has 0 radical (unpaired) electrons. The molecule has 160 valence electrons. The number of nitrogens with zero attached hydrogens (tertiary/aromatic N) is 2. The molecule has 3 amide bonds. The van der Waals surface area contributed by atoms with Crippen LogP contribution in [-0.2, 0) is 4.79 Å². The maximum Gasteiger partial charge on any atom is 0.321 e. The largest absolute Gasteiger partial charge is 0.493 e. The zero-order valence-corrected chi connectivity index (χ0v) is 18.1. The molecule has 0 aliphatic carbocycles. The van der Waals surface area contributed by atoms with Gasteiger partial charge in [0.05, 0.1) is 13.0 Å². The van der Waals surface area contributed by atoms with Gasteiger partial charge in [0.2, 0.25) is 5.91 Å². The first-order chi connectivity index (χ1) is 14.4. The Morgan fingerprint density at radius 2 is 1.67 bits per heavy atom. The highest BCUT2D eigenvalue weighted by molar-refractivity contribution is 5.89. The van der Waals surface area contributed by atoms with Gasteiger partial charge in [0.1, 0.15) is 5.75 Å². The summed E-state index contributed by atoms with van der Waals surface area (Å²) in [7, 11) is 0. The molecule has 3 rings (SSSR count). The zero-order chi connectivity index (χ0) is 21.5. The molecule has 0 bridgehead atoms. The number of ether oxygens (including phenoxy) is 1. The van der Waals surface area contributed by atoms with E-state index in [2.05, 4.69) is 31.3 Å². The smallest absolute Gasteiger partial charge is 0.321 e. The number of amides is 3. The van der Waals surface area contributed by atoms with Crippen molar-refractivity contribution in [2.24, 2.45) is 0 Å². The topological polar surface area (TPSA) is 61.9 Å². The van der Waals surface area contributed by atoms with E-state index < -0.39 is 0 Å². The number of carbonyl (C=O) groups is 2. The first-order valence-corrected chi connectivity index (χ1v) is 10.6. The van der Waals surface area contributed by atoms with Crippen LogP contribution in [0.2, 0.25) is 0 Å². The molecule has 0 atom stereocenters. The average Bonchev–Trinajstić information content (AvgIpc) is 2.74. The van der Waals surface area contributed by atoms with Crippen molar-refractivity contribution < 1.29 is 14.3 Å². The predicted molar refractivity (Wildman–Crippen MR) is 119 cm³/mol. The Bertz CT molecular complexity index is 856. The van der Waals surface area contributed by atoms with Crippen LogP contribution in [0.5, 0.6) is 5.75 Å². The van der Waals surface area contributed by atoms with Crippen LogP contribution in [0.4, 0.5) is 10.5 Å². The normalized spacial score (nSPS) is 14.0. The summed E-state index contributed by atoms with van der Waals surface area (Å²) in [6.07, 6.45) is 0.335. The maximum atomic E-state index is 12.5. The molecule has 6 nitrogen and oxygen atoms in total. The lowest BCUT2D eigenvalue weighted by Gasteiger charge is -2.34. The number of hydrogen-bond acceptors (Lipinski definition) is 3. The van der Waals surface area contributed by atoms with E-state index in [1.54, 1.807) is 4.90 Å². The SMILES string of the molecule is Cc1cccc(NC(=O)N2CCN(C(=O)CCOc3ccc(C(C)C)cc3)CC2)c1. The molecular weight excluding hydrogens is 378 g/mol. The van der Waals surface area contributed by atoms with Gasteiger partial charge in [-0.05, 0) is 48.2 Å². The van der Waals surface area contributed by atoms with E-state index in [0.29, 0.717) is 45.1 Å². The first-order valence-electron chi connectivity index (χ1n) is 10.6. The maximum absolute atomic E-state index is 12.5. The average molecular weight is 410 g/mol. The van der Waals surface area contributed by atoms with Gasteiger partial charge in [-0.3, -0.25) is 4.79 Å². The molecule has 1 aliphatic heterocycles. The van der Waals surface area contributed by atoms with Gasteiger partial charge in [0.25, 0.3) is 0 Å². The van der Waals surface area contributed by atoms with Crippen LogP contribution in [0, 0.1) is 6.92 Å². The number of anilines is 1. The number of carbonyl (C=O) groups excluding carboxylic acids is 2. The predicted octanol–water partition coefficient (Wildman–Crippen LogP) is 4.26. The van der Waals surface area contributed by atoms with Crippen LogP contribution >= 0.6 is 0 Å². The Kier molecular flexibility index (Phi) is 7.33. The van der Waals surface area contributed by atoms with Gasteiger partial charge in [-0.2, -0.15) is 0 Å². The van der Waals surface area contributed by atoms with Crippen molar-refractivity contribution in [2.45, 2.75) is 33.1 Å². The van der Waals surface area contributed by atoms with Crippen LogP contribution < -0.4 is 10.1 Å². The van der Waals surface area contributed by atoms with Crippen LogP contribution in [0.3, 0.4) is 0 Å². The quantitative estimate of drug-likeness (QED) is 0.775. The van der Waals surface area contributed by atoms with Gasteiger partial charge in [0, 0.05) is 31.9 Å². The van der Waals surface area contributed by atoms with Crippen molar-refractivity contribution in [2.75, 3.05) is 38.1 Å². The van der Waals surface area contributed by atoms with Crippen LogP contribution in [0.1, 0.15) is 37.3 Å². The molecule has 1 fully saturated rings. The molecule has 30 heavy (non-hydrogen) atoms. The van der Waals surface area contributed by atoms with Gasteiger partial charge in [-0.25, -0.2) is 4.79 Å². The highest BCUT2D eigenvalue weighted by atomic mass is 16.5. The highest BCUT2D eigenvalue weighted by Gasteiger charge is 2.24. The molecule has 6 heteroatoms. The van der Waals surface area contributed by atoms with E-state index in [9.17, 15) is 9.59 Å². The number of urea groups is 1. The molecular formula is C24H31N3O3. The monoisotopic (exact) mass is 409 g/mol. The summed E-state index contributed by atoms with van der Waals surface area (Å²) in [6, 6.07) is 15.6. The Hall–Kier alpha value is -3.02. The lowest BCUT2D eigenvalue weighted by Crippen LogP contribution is -2.51. The minimum absolute atomic E-state index is 0.0625. The third-order valence-corrected chi connectivity index (χ3v) is 5.32. The summed E-state index contributed by atoms with van der Waals surface area (Å²) >= 11 is 0. The molecule has 0 spiro atoms. The van der Waals surface area contributed by atoms with Crippen molar-refractivity contribution in [3.05, 3.63) is 59.7 Å². The summed E-state index contributed by atoms with van der Waals surface area (Å²) in [6.45, 7) is 8.80. The Morgan fingerprint density at radius 3 is 2.30 bits per heavy atom. The molecule has 1 heterocycles. The molecule has 0 aromatic heterocycles. The minimum Gasteiger partial charge on any atom is -0.493 e. The summed E-state index contributed by atoms with van der Waals surface area (Å²) in [4.78, 5) is 28.5. The second kappa shape index (κ2) is 10.1. The fourth-order valence-electron chi connectivity index (χ4n) is 3.45. The number of hydrogen-bond donors (Lipinski definition) is 1. The van der Waals surface area contributed by atoms with Crippen LogP contribution in [0.25, 0.3) is 0 Å².